The third-order valence-electron chi connectivity index (χ3n) is 3.38. The SMILES string of the molecule is CCC(C)N(C)CCNC(=O)N1CCSCC1. The Morgan fingerprint density at radius 2 is 2.12 bits per heavy atom. The summed E-state index contributed by atoms with van der Waals surface area (Å²) in [6.45, 7) is 7.83. The van der Waals surface area contributed by atoms with Crippen molar-refractivity contribution in [2.24, 2.45) is 0 Å². The van der Waals surface area contributed by atoms with Crippen molar-refractivity contribution in [2.75, 3.05) is 44.7 Å². The first-order valence-corrected chi connectivity index (χ1v) is 7.61. The van der Waals surface area contributed by atoms with Gasteiger partial charge in [0, 0.05) is 43.7 Å². The van der Waals surface area contributed by atoms with Crippen molar-refractivity contribution in [1.29, 1.82) is 0 Å². The number of hydrogen-bond acceptors (Lipinski definition) is 3. The highest BCUT2D eigenvalue weighted by Gasteiger charge is 2.16. The summed E-state index contributed by atoms with van der Waals surface area (Å²) in [7, 11) is 2.11. The molecule has 1 rings (SSSR count). The first-order chi connectivity index (χ1) is 8.15. The van der Waals surface area contributed by atoms with Crippen molar-refractivity contribution >= 4 is 17.8 Å². The lowest BCUT2D eigenvalue weighted by Crippen LogP contribution is -2.46. The largest absolute Gasteiger partial charge is 0.337 e. The minimum absolute atomic E-state index is 0.0999. The van der Waals surface area contributed by atoms with Crippen LogP contribution in [-0.4, -0.2) is 66.6 Å². The van der Waals surface area contributed by atoms with Gasteiger partial charge in [-0.15, -0.1) is 0 Å². The molecule has 5 heteroatoms. The quantitative estimate of drug-likeness (QED) is 0.812. The number of nitrogens with zero attached hydrogens (tertiary/aromatic N) is 2. The van der Waals surface area contributed by atoms with Crippen molar-refractivity contribution in [2.45, 2.75) is 26.3 Å². The zero-order valence-electron chi connectivity index (χ0n) is 11.2. The standard InChI is InChI=1S/C12H25N3OS/c1-4-11(2)14(3)6-5-13-12(16)15-7-9-17-10-8-15/h11H,4-10H2,1-3H3,(H,13,16). The van der Waals surface area contributed by atoms with Crippen LogP contribution in [0.15, 0.2) is 0 Å². The van der Waals surface area contributed by atoms with Gasteiger partial charge in [0.2, 0.25) is 0 Å². The van der Waals surface area contributed by atoms with E-state index in [1.165, 1.54) is 0 Å². The molecule has 1 atom stereocenters. The van der Waals surface area contributed by atoms with Crippen molar-refractivity contribution in [1.82, 2.24) is 15.1 Å². The highest BCUT2D eigenvalue weighted by molar-refractivity contribution is 7.99. The number of carbonyl (C=O) groups is 1. The summed E-state index contributed by atoms with van der Waals surface area (Å²) in [5.74, 6) is 2.14. The minimum atomic E-state index is 0.0999. The average molecular weight is 259 g/mol. The molecule has 0 spiro atoms. The van der Waals surface area contributed by atoms with Gasteiger partial charge in [-0.05, 0) is 20.4 Å². The van der Waals surface area contributed by atoms with Crippen LogP contribution in [0.3, 0.4) is 0 Å². The average Bonchev–Trinajstić information content (AvgIpc) is 2.38. The second kappa shape index (κ2) is 7.82. The predicted octanol–water partition coefficient (Wildman–Crippen LogP) is 1.48. The molecule has 1 N–H and O–H groups in total. The Morgan fingerprint density at radius 1 is 1.47 bits per heavy atom. The Labute approximate surface area is 109 Å². The lowest BCUT2D eigenvalue weighted by Gasteiger charge is -2.28. The monoisotopic (exact) mass is 259 g/mol. The Kier molecular flexibility index (Phi) is 6.73. The van der Waals surface area contributed by atoms with Gasteiger partial charge in [-0.3, -0.25) is 0 Å². The van der Waals surface area contributed by atoms with Gasteiger partial charge >= 0.3 is 6.03 Å². The van der Waals surface area contributed by atoms with Gasteiger partial charge in [-0.2, -0.15) is 11.8 Å². The summed E-state index contributed by atoms with van der Waals surface area (Å²) in [5.41, 5.74) is 0. The number of thioether (sulfide) groups is 1. The molecular formula is C12H25N3OS. The molecule has 1 fully saturated rings. The fourth-order valence-corrected chi connectivity index (χ4v) is 2.65. The molecule has 1 aliphatic rings. The molecule has 0 radical (unpaired) electrons. The molecule has 4 nitrogen and oxygen atoms in total. The van der Waals surface area contributed by atoms with E-state index in [1.807, 2.05) is 16.7 Å². The first kappa shape index (κ1) is 14.6. The van der Waals surface area contributed by atoms with Crippen molar-refractivity contribution < 1.29 is 4.79 Å². The molecule has 1 heterocycles. The number of carbonyl (C=O) groups excluding carboxylic acids is 1. The zero-order chi connectivity index (χ0) is 12.7. The lowest BCUT2D eigenvalue weighted by atomic mass is 10.2. The van der Waals surface area contributed by atoms with E-state index in [4.69, 9.17) is 0 Å². The molecular weight excluding hydrogens is 234 g/mol. The van der Waals surface area contributed by atoms with E-state index >= 15 is 0 Å². The van der Waals surface area contributed by atoms with E-state index in [0.29, 0.717) is 6.04 Å². The molecule has 1 aliphatic heterocycles. The van der Waals surface area contributed by atoms with Crippen LogP contribution in [0.2, 0.25) is 0 Å². The molecule has 1 saturated heterocycles. The second-order valence-electron chi connectivity index (χ2n) is 4.57. The first-order valence-electron chi connectivity index (χ1n) is 6.46. The van der Waals surface area contributed by atoms with E-state index in [1.54, 1.807) is 0 Å². The minimum Gasteiger partial charge on any atom is -0.337 e. The van der Waals surface area contributed by atoms with Gasteiger partial charge in [-0.1, -0.05) is 6.92 Å². The van der Waals surface area contributed by atoms with E-state index < -0.39 is 0 Å². The van der Waals surface area contributed by atoms with E-state index in [0.717, 1.165) is 44.1 Å². The van der Waals surface area contributed by atoms with Crippen LogP contribution in [0.5, 0.6) is 0 Å². The maximum atomic E-state index is 11.8. The van der Waals surface area contributed by atoms with Gasteiger partial charge in [-0.25, -0.2) is 4.79 Å². The van der Waals surface area contributed by atoms with Gasteiger partial charge < -0.3 is 15.1 Å². The van der Waals surface area contributed by atoms with Crippen molar-refractivity contribution in [3.8, 4) is 0 Å². The molecule has 100 valence electrons. The summed E-state index contributed by atoms with van der Waals surface area (Å²) in [6, 6.07) is 0.682. The molecule has 0 saturated carbocycles. The van der Waals surface area contributed by atoms with Crippen LogP contribution in [0.25, 0.3) is 0 Å². The Hall–Kier alpha value is -0.420. The number of nitrogens with one attached hydrogen (secondary N) is 1. The zero-order valence-corrected chi connectivity index (χ0v) is 12.1. The maximum Gasteiger partial charge on any atom is 0.317 e. The number of hydrogen-bond donors (Lipinski definition) is 1. The number of likely N-dealkylation sites (N-methyl/N-ethyl adjacent to an activating group) is 1. The molecule has 0 bridgehead atoms. The number of amides is 2. The van der Waals surface area contributed by atoms with Crippen molar-refractivity contribution in [3.63, 3.8) is 0 Å². The Balaban J connectivity index is 2.15. The highest BCUT2D eigenvalue weighted by atomic mass is 32.2. The van der Waals surface area contributed by atoms with E-state index in [2.05, 4.69) is 31.1 Å². The van der Waals surface area contributed by atoms with Gasteiger partial charge in [0.25, 0.3) is 0 Å². The second-order valence-corrected chi connectivity index (χ2v) is 5.79. The van der Waals surface area contributed by atoms with Crippen LogP contribution in [0, 0.1) is 0 Å². The third-order valence-corrected chi connectivity index (χ3v) is 4.32. The van der Waals surface area contributed by atoms with E-state index in [9.17, 15) is 4.79 Å². The van der Waals surface area contributed by atoms with Crippen LogP contribution < -0.4 is 5.32 Å². The summed E-state index contributed by atoms with van der Waals surface area (Å²) in [6.07, 6.45) is 1.15. The molecule has 0 aromatic rings. The fourth-order valence-electron chi connectivity index (χ4n) is 1.75. The summed E-state index contributed by atoms with van der Waals surface area (Å²) in [4.78, 5) is 16.0. The molecule has 0 aromatic heterocycles. The van der Waals surface area contributed by atoms with Crippen LogP contribution >= 0.6 is 11.8 Å². The lowest BCUT2D eigenvalue weighted by molar-refractivity contribution is 0.198. The highest BCUT2D eigenvalue weighted by Crippen LogP contribution is 2.08. The van der Waals surface area contributed by atoms with Crippen molar-refractivity contribution in [3.05, 3.63) is 0 Å². The number of urea groups is 1. The molecule has 1 unspecified atom stereocenters. The Morgan fingerprint density at radius 3 is 2.71 bits per heavy atom. The van der Waals surface area contributed by atoms with Crippen LogP contribution in [0.1, 0.15) is 20.3 Å². The normalized spacial score (nSPS) is 18.2. The molecule has 0 aromatic carbocycles. The summed E-state index contributed by atoms with van der Waals surface area (Å²) in [5, 5.41) is 3.00. The maximum absolute atomic E-state index is 11.8. The Bertz CT molecular complexity index is 232. The third kappa shape index (κ3) is 5.17. The van der Waals surface area contributed by atoms with E-state index in [-0.39, 0.29) is 6.03 Å². The molecule has 2 amide bonds. The van der Waals surface area contributed by atoms with Crippen LogP contribution in [0.4, 0.5) is 4.79 Å². The molecule has 17 heavy (non-hydrogen) atoms. The number of rotatable bonds is 5. The van der Waals surface area contributed by atoms with Crippen LogP contribution in [-0.2, 0) is 0 Å². The van der Waals surface area contributed by atoms with Gasteiger partial charge in [0.1, 0.15) is 0 Å². The topological polar surface area (TPSA) is 35.6 Å². The smallest absolute Gasteiger partial charge is 0.317 e. The fraction of sp³-hybridized carbons (Fsp3) is 0.917. The summed E-state index contributed by atoms with van der Waals surface area (Å²) < 4.78 is 0. The predicted molar refractivity (Wildman–Crippen MR) is 74.7 cm³/mol. The summed E-state index contributed by atoms with van der Waals surface area (Å²) >= 11 is 1.92. The van der Waals surface area contributed by atoms with Gasteiger partial charge in [0.05, 0.1) is 0 Å². The van der Waals surface area contributed by atoms with Gasteiger partial charge in [0.15, 0.2) is 0 Å². The molecule has 0 aliphatic carbocycles.